The summed E-state index contributed by atoms with van der Waals surface area (Å²) < 4.78 is 1.78. The summed E-state index contributed by atoms with van der Waals surface area (Å²) in [5.41, 5.74) is 1.42. The zero-order valence-electron chi connectivity index (χ0n) is 10.7. The highest BCUT2D eigenvalue weighted by atomic mass is 15.5. The first-order valence-corrected chi connectivity index (χ1v) is 6.23. The Labute approximate surface area is 106 Å². The molecule has 2 aromatic rings. The van der Waals surface area contributed by atoms with Gasteiger partial charge < -0.3 is 5.32 Å². The summed E-state index contributed by atoms with van der Waals surface area (Å²) in [6.07, 6.45) is 1.22. The van der Waals surface area contributed by atoms with E-state index < -0.39 is 0 Å². The Morgan fingerprint density at radius 3 is 2.72 bits per heavy atom. The highest BCUT2D eigenvalue weighted by Crippen LogP contribution is 2.44. The predicted molar refractivity (Wildman–Crippen MR) is 68.2 cm³/mol. The van der Waals surface area contributed by atoms with Crippen LogP contribution in [0.4, 0.5) is 0 Å². The average molecular weight is 243 g/mol. The molecule has 1 aromatic carbocycles. The SMILES string of the molecule is CC1(C)CC1NCc1nnnn1-c1ccccc1. The second-order valence-electron chi connectivity index (χ2n) is 5.47. The maximum Gasteiger partial charge on any atom is 0.170 e. The van der Waals surface area contributed by atoms with E-state index in [1.54, 1.807) is 4.68 Å². The highest BCUT2D eigenvalue weighted by Gasteiger charge is 2.45. The van der Waals surface area contributed by atoms with Gasteiger partial charge in [0.2, 0.25) is 0 Å². The predicted octanol–water partition coefficient (Wildman–Crippen LogP) is 1.55. The van der Waals surface area contributed by atoms with Crippen LogP contribution in [0.3, 0.4) is 0 Å². The van der Waals surface area contributed by atoms with E-state index in [1.807, 2.05) is 30.3 Å². The number of rotatable bonds is 4. The van der Waals surface area contributed by atoms with Crippen LogP contribution in [0, 0.1) is 5.41 Å². The number of para-hydroxylation sites is 1. The summed E-state index contributed by atoms with van der Waals surface area (Å²) in [5, 5.41) is 15.4. The zero-order chi connectivity index (χ0) is 12.6. The van der Waals surface area contributed by atoms with Crippen molar-refractivity contribution in [1.29, 1.82) is 0 Å². The maximum atomic E-state index is 4.08. The lowest BCUT2D eigenvalue weighted by atomic mass is 10.2. The largest absolute Gasteiger partial charge is 0.306 e. The van der Waals surface area contributed by atoms with Crippen molar-refractivity contribution >= 4 is 0 Å². The monoisotopic (exact) mass is 243 g/mol. The third-order valence-electron chi connectivity index (χ3n) is 3.55. The number of hydrogen-bond donors (Lipinski definition) is 1. The third kappa shape index (κ3) is 2.13. The Balaban J connectivity index is 1.72. The van der Waals surface area contributed by atoms with Crippen LogP contribution in [0.1, 0.15) is 26.1 Å². The summed E-state index contributed by atoms with van der Waals surface area (Å²) in [6.45, 7) is 5.24. The molecule has 1 aromatic heterocycles. The molecule has 1 heterocycles. The standard InChI is InChI=1S/C13H17N5/c1-13(2)8-11(13)14-9-12-15-16-17-18(12)10-6-4-3-5-7-10/h3-7,11,14H,8-9H2,1-2H3. The minimum atomic E-state index is 0.422. The topological polar surface area (TPSA) is 55.6 Å². The molecule has 0 bridgehead atoms. The fourth-order valence-electron chi connectivity index (χ4n) is 2.12. The molecular formula is C13H17N5. The summed E-state index contributed by atoms with van der Waals surface area (Å²) in [5.74, 6) is 0.851. The molecule has 1 fully saturated rings. The summed E-state index contributed by atoms with van der Waals surface area (Å²) >= 11 is 0. The van der Waals surface area contributed by atoms with Crippen molar-refractivity contribution in [3.05, 3.63) is 36.2 Å². The normalized spacial score (nSPS) is 20.9. The molecular weight excluding hydrogens is 226 g/mol. The van der Waals surface area contributed by atoms with E-state index in [4.69, 9.17) is 0 Å². The lowest BCUT2D eigenvalue weighted by Gasteiger charge is -2.07. The number of hydrogen-bond acceptors (Lipinski definition) is 4. The minimum Gasteiger partial charge on any atom is -0.306 e. The van der Waals surface area contributed by atoms with E-state index >= 15 is 0 Å². The maximum absolute atomic E-state index is 4.08. The highest BCUT2D eigenvalue weighted by molar-refractivity contribution is 5.30. The van der Waals surface area contributed by atoms with Crippen molar-refractivity contribution in [3.63, 3.8) is 0 Å². The summed E-state index contributed by atoms with van der Waals surface area (Å²) in [6, 6.07) is 10.5. The van der Waals surface area contributed by atoms with Crippen molar-refractivity contribution in [2.75, 3.05) is 0 Å². The molecule has 1 unspecified atom stereocenters. The van der Waals surface area contributed by atoms with Gasteiger partial charge in [-0.3, -0.25) is 0 Å². The fraction of sp³-hybridized carbons (Fsp3) is 0.462. The molecule has 0 radical (unpaired) electrons. The molecule has 3 rings (SSSR count). The average Bonchev–Trinajstić information content (AvgIpc) is 2.78. The van der Waals surface area contributed by atoms with E-state index in [2.05, 4.69) is 34.7 Å². The molecule has 1 aliphatic carbocycles. The van der Waals surface area contributed by atoms with Crippen molar-refractivity contribution < 1.29 is 0 Å². The first-order chi connectivity index (χ1) is 8.67. The molecule has 1 saturated carbocycles. The Hall–Kier alpha value is -1.75. The molecule has 0 spiro atoms. The van der Waals surface area contributed by atoms with Gasteiger partial charge in [0.15, 0.2) is 5.82 Å². The van der Waals surface area contributed by atoms with E-state index in [1.165, 1.54) is 6.42 Å². The lowest BCUT2D eigenvalue weighted by Crippen LogP contribution is -2.22. The van der Waals surface area contributed by atoms with Crippen LogP contribution in [-0.4, -0.2) is 26.2 Å². The van der Waals surface area contributed by atoms with Gasteiger partial charge in [-0.1, -0.05) is 32.0 Å². The van der Waals surface area contributed by atoms with E-state index in [9.17, 15) is 0 Å². The van der Waals surface area contributed by atoms with E-state index in [-0.39, 0.29) is 0 Å². The first-order valence-electron chi connectivity index (χ1n) is 6.23. The second kappa shape index (κ2) is 4.17. The van der Waals surface area contributed by atoms with Crippen LogP contribution in [0.2, 0.25) is 0 Å². The van der Waals surface area contributed by atoms with Crippen molar-refractivity contribution in [1.82, 2.24) is 25.5 Å². The van der Waals surface area contributed by atoms with E-state index in [0.717, 1.165) is 11.5 Å². The second-order valence-corrected chi connectivity index (χ2v) is 5.47. The van der Waals surface area contributed by atoms with Gasteiger partial charge in [0.25, 0.3) is 0 Å². The summed E-state index contributed by atoms with van der Waals surface area (Å²) in [7, 11) is 0. The van der Waals surface area contributed by atoms with Crippen LogP contribution in [-0.2, 0) is 6.54 Å². The smallest absolute Gasteiger partial charge is 0.170 e. The molecule has 94 valence electrons. The summed E-state index contributed by atoms with van der Waals surface area (Å²) in [4.78, 5) is 0. The van der Waals surface area contributed by atoms with Crippen LogP contribution in [0.25, 0.3) is 5.69 Å². The van der Waals surface area contributed by atoms with Crippen LogP contribution in [0.15, 0.2) is 30.3 Å². The lowest BCUT2D eigenvalue weighted by molar-refractivity contribution is 0.530. The molecule has 5 nitrogen and oxygen atoms in total. The molecule has 0 saturated heterocycles. The molecule has 1 N–H and O–H groups in total. The van der Waals surface area contributed by atoms with E-state index in [0.29, 0.717) is 18.0 Å². The third-order valence-corrected chi connectivity index (χ3v) is 3.55. The minimum absolute atomic E-state index is 0.422. The first kappa shape index (κ1) is 11.3. The van der Waals surface area contributed by atoms with Gasteiger partial charge in [0.1, 0.15) is 0 Å². The number of nitrogens with zero attached hydrogens (tertiary/aromatic N) is 4. The van der Waals surface area contributed by atoms with Gasteiger partial charge in [0, 0.05) is 6.04 Å². The van der Waals surface area contributed by atoms with Gasteiger partial charge in [-0.2, -0.15) is 4.68 Å². The quantitative estimate of drug-likeness (QED) is 0.885. The van der Waals surface area contributed by atoms with Crippen molar-refractivity contribution in [2.45, 2.75) is 32.9 Å². The Morgan fingerprint density at radius 2 is 2.06 bits per heavy atom. The molecule has 18 heavy (non-hydrogen) atoms. The molecule has 0 amide bonds. The Kier molecular flexibility index (Phi) is 2.63. The van der Waals surface area contributed by atoms with Crippen LogP contribution in [0.5, 0.6) is 0 Å². The van der Waals surface area contributed by atoms with Gasteiger partial charge in [-0.15, -0.1) is 5.10 Å². The van der Waals surface area contributed by atoms with Crippen LogP contribution < -0.4 is 5.32 Å². The molecule has 5 heteroatoms. The number of nitrogens with one attached hydrogen (secondary N) is 1. The molecule has 1 atom stereocenters. The number of aromatic nitrogens is 4. The van der Waals surface area contributed by atoms with Gasteiger partial charge >= 0.3 is 0 Å². The Morgan fingerprint density at radius 1 is 1.33 bits per heavy atom. The van der Waals surface area contributed by atoms with Crippen molar-refractivity contribution in [3.8, 4) is 5.69 Å². The van der Waals surface area contributed by atoms with Crippen LogP contribution >= 0.6 is 0 Å². The number of benzene rings is 1. The number of tetrazole rings is 1. The zero-order valence-corrected chi connectivity index (χ0v) is 10.7. The molecule has 1 aliphatic rings. The van der Waals surface area contributed by atoms with Crippen molar-refractivity contribution in [2.24, 2.45) is 5.41 Å². The molecule has 0 aliphatic heterocycles. The van der Waals surface area contributed by atoms with Gasteiger partial charge in [-0.25, -0.2) is 0 Å². The fourth-order valence-corrected chi connectivity index (χ4v) is 2.12. The van der Waals surface area contributed by atoms with Gasteiger partial charge in [-0.05, 0) is 34.4 Å². The Bertz CT molecular complexity index is 531. The van der Waals surface area contributed by atoms with Gasteiger partial charge in [0.05, 0.1) is 12.2 Å².